The van der Waals surface area contributed by atoms with Gasteiger partial charge in [0.25, 0.3) is 0 Å². The minimum atomic E-state index is 0.292. The number of anilines is 2. The van der Waals surface area contributed by atoms with E-state index < -0.39 is 0 Å². The lowest BCUT2D eigenvalue weighted by molar-refractivity contribution is 0.801. The van der Waals surface area contributed by atoms with E-state index >= 15 is 0 Å². The molecule has 62 heavy (non-hydrogen) atoms. The fraction of sp³-hybridized carbons (Fsp3) is 0.102. The molecule has 0 saturated heterocycles. The molecule has 11 rings (SSSR count). The number of nitrogens with zero attached hydrogens (tertiary/aromatic N) is 3. The van der Waals surface area contributed by atoms with E-state index in [9.17, 15) is 0 Å². The molecule has 3 heteroatoms. The summed E-state index contributed by atoms with van der Waals surface area (Å²) in [6.45, 7) is 8.10. The van der Waals surface area contributed by atoms with Crippen LogP contribution in [0.25, 0.3) is 55.5 Å². The predicted octanol–water partition coefficient (Wildman–Crippen LogP) is 15.6. The summed E-state index contributed by atoms with van der Waals surface area (Å²) >= 11 is 0. The number of allylic oxidation sites excluding steroid dienone is 4. The van der Waals surface area contributed by atoms with Gasteiger partial charge in [0.2, 0.25) is 0 Å². The molecule has 0 bridgehead atoms. The summed E-state index contributed by atoms with van der Waals surface area (Å²) < 4.78 is 2.52. The van der Waals surface area contributed by atoms with Crippen molar-refractivity contribution in [1.82, 2.24) is 4.57 Å². The molecule has 1 unspecified atom stereocenters. The van der Waals surface area contributed by atoms with Gasteiger partial charge in [-0.15, -0.1) is 0 Å². The maximum atomic E-state index is 4.18. The highest BCUT2D eigenvalue weighted by Gasteiger charge is 2.40. The Hall–Kier alpha value is -7.49. The van der Waals surface area contributed by atoms with Crippen molar-refractivity contribution in [3.8, 4) is 5.69 Å². The zero-order valence-electron chi connectivity index (χ0n) is 35.4. The Balaban J connectivity index is 0.000000194. The molecule has 2 aliphatic rings. The average molecular weight is 800 g/mol. The predicted molar refractivity (Wildman–Crippen MR) is 266 cm³/mol. The molecule has 0 amide bonds. The molecule has 0 N–H and O–H groups in total. The van der Waals surface area contributed by atoms with E-state index in [1.54, 1.807) is 0 Å². The summed E-state index contributed by atoms with van der Waals surface area (Å²) in [4.78, 5) is 6.69. The van der Waals surface area contributed by atoms with Crippen molar-refractivity contribution >= 4 is 67.9 Å². The van der Waals surface area contributed by atoms with Crippen LogP contribution in [0.5, 0.6) is 0 Å². The Labute approximate surface area is 365 Å². The fourth-order valence-corrected chi connectivity index (χ4v) is 9.72. The molecule has 8 aromatic carbocycles. The molecule has 1 aliphatic heterocycles. The Morgan fingerprint density at radius 1 is 0.629 bits per heavy atom. The van der Waals surface area contributed by atoms with Gasteiger partial charge < -0.3 is 9.47 Å². The molecule has 0 radical (unpaired) electrons. The first-order chi connectivity index (χ1) is 30.6. The summed E-state index contributed by atoms with van der Waals surface area (Å²) in [7, 11) is 0. The molecular formula is C59H49N3. The van der Waals surface area contributed by atoms with Gasteiger partial charge in [0.15, 0.2) is 0 Å². The summed E-state index contributed by atoms with van der Waals surface area (Å²) in [5, 5.41) is 6.67. The number of aliphatic imine (C=N–C) groups is 1. The van der Waals surface area contributed by atoms with Crippen molar-refractivity contribution in [2.24, 2.45) is 4.99 Å². The van der Waals surface area contributed by atoms with Gasteiger partial charge in [-0.1, -0.05) is 172 Å². The van der Waals surface area contributed by atoms with Gasteiger partial charge >= 0.3 is 0 Å². The van der Waals surface area contributed by atoms with Crippen LogP contribution in [-0.2, 0) is 12.8 Å². The van der Waals surface area contributed by atoms with Crippen molar-refractivity contribution in [1.29, 1.82) is 0 Å². The molecule has 1 aromatic heterocycles. The first kappa shape index (κ1) is 38.7. The number of rotatable bonds is 8. The number of para-hydroxylation sites is 2. The summed E-state index contributed by atoms with van der Waals surface area (Å²) in [6, 6.07) is 67.5. The van der Waals surface area contributed by atoms with E-state index in [4.69, 9.17) is 0 Å². The first-order valence-electron chi connectivity index (χ1n) is 21.9. The van der Waals surface area contributed by atoms with Crippen LogP contribution in [-0.4, -0.2) is 11.3 Å². The van der Waals surface area contributed by atoms with Crippen LogP contribution in [0, 0.1) is 0 Å². The summed E-state index contributed by atoms with van der Waals surface area (Å²) in [5.74, 6) is 0.292. The Bertz CT molecular complexity index is 3190. The number of aryl methyl sites for hydroxylation is 1. The number of hydrogen-bond acceptors (Lipinski definition) is 2. The minimum absolute atomic E-state index is 0.292. The minimum Gasteiger partial charge on any atom is -0.313 e. The van der Waals surface area contributed by atoms with E-state index in [2.05, 4.69) is 217 Å². The highest BCUT2D eigenvalue weighted by atomic mass is 15.2. The third-order valence-corrected chi connectivity index (χ3v) is 12.5. The lowest BCUT2D eigenvalue weighted by atomic mass is 9.84. The van der Waals surface area contributed by atoms with Crippen LogP contribution < -0.4 is 4.90 Å². The SMILES string of the molecule is C=N/C(=C\C(=C\CC)c1ccccc1)c1ccccc1.CCc1cc(-n2c3c(c4ccccc42)CC2C(=C3)N(c3ccccc3)c3ccc4ccccc4c32)cc2ccccc12. The number of benzene rings is 8. The van der Waals surface area contributed by atoms with Crippen molar-refractivity contribution in [2.75, 3.05) is 4.90 Å². The second kappa shape index (κ2) is 16.9. The van der Waals surface area contributed by atoms with Gasteiger partial charge in [-0.3, -0.25) is 4.99 Å². The summed E-state index contributed by atoms with van der Waals surface area (Å²) in [5.41, 5.74) is 16.3. The number of aromatic nitrogens is 1. The molecule has 2 heterocycles. The lowest BCUT2D eigenvalue weighted by Gasteiger charge is -2.27. The average Bonchev–Trinajstić information content (AvgIpc) is 3.85. The van der Waals surface area contributed by atoms with Crippen LogP contribution in [0.3, 0.4) is 0 Å². The highest BCUT2D eigenvalue weighted by molar-refractivity contribution is 6.00. The molecule has 0 spiro atoms. The first-order valence-corrected chi connectivity index (χ1v) is 21.9. The lowest BCUT2D eigenvalue weighted by Crippen LogP contribution is -2.18. The van der Waals surface area contributed by atoms with Crippen molar-refractivity contribution < 1.29 is 0 Å². The van der Waals surface area contributed by atoms with E-state index in [0.29, 0.717) is 5.92 Å². The highest BCUT2D eigenvalue weighted by Crippen LogP contribution is 2.55. The second-order valence-corrected chi connectivity index (χ2v) is 16.1. The van der Waals surface area contributed by atoms with E-state index in [1.807, 2.05) is 24.3 Å². The Kier molecular flexibility index (Phi) is 10.5. The molecule has 300 valence electrons. The van der Waals surface area contributed by atoms with Gasteiger partial charge in [0.05, 0.1) is 22.6 Å². The van der Waals surface area contributed by atoms with Crippen molar-refractivity contribution in [2.45, 2.75) is 39.0 Å². The van der Waals surface area contributed by atoms with Crippen LogP contribution in [0.2, 0.25) is 0 Å². The third-order valence-electron chi connectivity index (χ3n) is 12.5. The molecule has 1 aliphatic carbocycles. The van der Waals surface area contributed by atoms with Crippen molar-refractivity contribution in [3.05, 3.63) is 239 Å². The zero-order chi connectivity index (χ0) is 42.0. The topological polar surface area (TPSA) is 20.5 Å². The third kappa shape index (κ3) is 6.96. The van der Waals surface area contributed by atoms with Crippen LogP contribution in [0.1, 0.15) is 59.7 Å². The molecule has 1 atom stereocenters. The van der Waals surface area contributed by atoms with Gasteiger partial charge in [0.1, 0.15) is 0 Å². The van der Waals surface area contributed by atoms with Crippen LogP contribution >= 0.6 is 0 Å². The maximum Gasteiger partial charge on any atom is 0.0700 e. The molecule has 0 saturated carbocycles. The number of fused-ring (bicyclic) bond motifs is 9. The Morgan fingerprint density at radius 3 is 1.97 bits per heavy atom. The van der Waals surface area contributed by atoms with Gasteiger partial charge in [-0.2, -0.15) is 0 Å². The maximum absolute atomic E-state index is 4.18. The van der Waals surface area contributed by atoms with E-state index in [-0.39, 0.29) is 0 Å². The van der Waals surface area contributed by atoms with Gasteiger partial charge in [-0.05, 0) is 124 Å². The second-order valence-electron chi connectivity index (χ2n) is 16.1. The van der Waals surface area contributed by atoms with Crippen molar-refractivity contribution in [3.63, 3.8) is 0 Å². The summed E-state index contributed by atoms with van der Waals surface area (Å²) in [6.07, 6.45) is 9.77. The molecular weight excluding hydrogens is 751 g/mol. The quantitative estimate of drug-likeness (QED) is 0.111. The smallest absolute Gasteiger partial charge is 0.0700 e. The van der Waals surface area contributed by atoms with Gasteiger partial charge in [0, 0.05) is 33.9 Å². The molecule has 9 aromatic rings. The van der Waals surface area contributed by atoms with E-state index in [1.165, 1.54) is 88.7 Å². The normalized spacial score (nSPS) is 14.5. The van der Waals surface area contributed by atoms with Gasteiger partial charge in [-0.25, -0.2) is 0 Å². The zero-order valence-corrected chi connectivity index (χ0v) is 35.4. The molecule has 3 nitrogen and oxygen atoms in total. The number of hydrogen-bond donors (Lipinski definition) is 0. The fourth-order valence-electron chi connectivity index (χ4n) is 9.72. The van der Waals surface area contributed by atoms with E-state index in [0.717, 1.165) is 30.5 Å². The molecule has 0 fully saturated rings. The van der Waals surface area contributed by atoms with Crippen LogP contribution in [0.15, 0.2) is 211 Å². The Morgan fingerprint density at radius 2 is 1.26 bits per heavy atom. The standard InChI is InChI=1S/C40H30N2.C19H19N/c1-2-26-22-30(23-28-13-7-8-16-31(26)28)42-36-19-11-10-18-33(36)34-24-35-39(25-38(34)42)41(29-14-4-3-5-15-29)37-21-20-27-12-6-9-17-32(27)40(35)37;1-3-10-18(16-11-6-4-7-12-16)15-19(20-2)17-13-8-5-9-14-17/h3-23,25,35H,2,24H2,1H3;4-15H,2-3H2,1H3/b;18-10-,19-15-. The monoisotopic (exact) mass is 799 g/mol. The largest absolute Gasteiger partial charge is 0.313 e. The van der Waals surface area contributed by atoms with Crippen LogP contribution in [0.4, 0.5) is 11.4 Å².